The van der Waals surface area contributed by atoms with Crippen LogP contribution in [0.1, 0.15) is 79.0 Å². The zero-order valence-electron chi connectivity index (χ0n) is 50.0. The van der Waals surface area contributed by atoms with Crippen molar-refractivity contribution in [3.8, 4) is 0 Å². The summed E-state index contributed by atoms with van der Waals surface area (Å²) in [6.45, 7) is 7.32. The molecule has 7 aromatic carbocycles. The zero-order valence-corrected chi connectivity index (χ0v) is 50.9. The van der Waals surface area contributed by atoms with Crippen LogP contribution < -0.4 is 0 Å². The van der Waals surface area contributed by atoms with E-state index in [1.807, 2.05) is 212 Å². The van der Waals surface area contributed by atoms with E-state index in [1.54, 1.807) is 0 Å². The molecule has 0 unspecified atom stereocenters. The van der Waals surface area contributed by atoms with E-state index in [1.165, 1.54) is 0 Å². The van der Waals surface area contributed by atoms with Crippen LogP contribution in [0.25, 0.3) is 10.4 Å². The fraction of sp³-hybridized carbons (Fsp3) is 0.408. The molecule has 12 rings (SSSR count). The molecule has 14 atom stereocenters. The van der Waals surface area contributed by atoms with Gasteiger partial charge in [0, 0.05) is 16.7 Å². The van der Waals surface area contributed by atoms with Gasteiger partial charge in [-0.2, -0.15) is 0 Å². The standard InChI is InChI=1S/C71H78N3O13P/c1-69(2)57-39-40-70(69,3)71(41-57)85-66-64(80-46-54-33-19-8-20-34-54)62(78-44-52-29-15-6-16-30-52)63(79-45-53-31-17-7-18-32-53)65(67(66)86-71)84-68-59(73-74-72)61(77-43-51-27-13-5-14-28-51)60(58(83-68)49-76-42-50-25-11-4-12-26-50)87-88(75,81-47-55-35-21-9-22-36-55)82-48-56-37-23-10-24-38-56/h4-38,57-68H,39-49H2,1-3H3/t57-,58+,59+,60+,61+,62-,63-,64+,65+,66+,67-,68+,70-,71+/m0/s1. The second-order valence-electron chi connectivity index (χ2n) is 24.3. The summed E-state index contributed by atoms with van der Waals surface area (Å²) in [6, 6.07) is 66.6. The maximum absolute atomic E-state index is 15.7. The Balaban J connectivity index is 0.971. The van der Waals surface area contributed by atoms with Gasteiger partial charge in [-0.3, -0.25) is 13.6 Å². The Morgan fingerprint density at radius 2 is 0.886 bits per heavy atom. The summed E-state index contributed by atoms with van der Waals surface area (Å²) < 4.78 is 101. The third-order valence-electron chi connectivity index (χ3n) is 18.7. The van der Waals surface area contributed by atoms with Crippen molar-refractivity contribution in [1.82, 2.24) is 0 Å². The number of fused-ring (bicyclic) bond motifs is 4. The Labute approximate surface area is 515 Å². The summed E-state index contributed by atoms with van der Waals surface area (Å²) in [6.07, 6.45) is -7.91. The van der Waals surface area contributed by atoms with Gasteiger partial charge in [0.25, 0.3) is 0 Å². The number of nitrogens with zero attached hydrogens (tertiary/aromatic N) is 3. The Morgan fingerprint density at radius 3 is 1.30 bits per heavy atom. The molecule has 1 spiro atoms. The van der Waals surface area contributed by atoms with Crippen molar-refractivity contribution < 1.29 is 60.8 Å². The summed E-state index contributed by atoms with van der Waals surface area (Å²) in [4.78, 5) is 3.47. The van der Waals surface area contributed by atoms with Gasteiger partial charge in [-0.05, 0) is 68.6 Å². The van der Waals surface area contributed by atoms with Crippen LogP contribution in [-0.4, -0.2) is 79.7 Å². The molecule has 460 valence electrons. The lowest BCUT2D eigenvalue weighted by molar-refractivity contribution is -0.324. The van der Waals surface area contributed by atoms with Crippen molar-refractivity contribution in [3.63, 3.8) is 0 Å². The van der Waals surface area contributed by atoms with Crippen LogP contribution in [0.3, 0.4) is 0 Å². The molecule has 5 aliphatic rings. The molecule has 0 N–H and O–H groups in total. The van der Waals surface area contributed by atoms with E-state index >= 15 is 4.57 Å². The maximum atomic E-state index is 15.7. The highest BCUT2D eigenvalue weighted by molar-refractivity contribution is 7.48. The highest BCUT2D eigenvalue weighted by atomic mass is 31.2. The van der Waals surface area contributed by atoms with Crippen molar-refractivity contribution in [2.45, 2.75) is 159 Å². The molecule has 5 fully saturated rings. The van der Waals surface area contributed by atoms with Crippen molar-refractivity contribution in [3.05, 3.63) is 262 Å². The molecular formula is C71H78N3O13P. The van der Waals surface area contributed by atoms with Crippen molar-refractivity contribution in [2.24, 2.45) is 21.9 Å². The largest absolute Gasteiger partial charge is 0.475 e. The maximum Gasteiger partial charge on any atom is 0.475 e. The molecule has 0 aromatic heterocycles. The predicted octanol–water partition coefficient (Wildman–Crippen LogP) is 14.6. The molecule has 2 heterocycles. The second kappa shape index (κ2) is 28.2. The summed E-state index contributed by atoms with van der Waals surface area (Å²) in [5, 5.41) is 4.51. The van der Waals surface area contributed by atoms with E-state index < -0.39 is 86.3 Å². The van der Waals surface area contributed by atoms with Crippen LogP contribution in [0.15, 0.2) is 217 Å². The zero-order chi connectivity index (χ0) is 60.4. The van der Waals surface area contributed by atoms with Gasteiger partial charge < -0.3 is 42.6 Å². The van der Waals surface area contributed by atoms with Gasteiger partial charge in [0.15, 0.2) is 12.1 Å². The first kappa shape index (κ1) is 61.8. The molecule has 3 aliphatic carbocycles. The van der Waals surface area contributed by atoms with Crippen LogP contribution in [0.5, 0.6) is 0 Å². The van der Waals surface area contributed by atoms with Gasteiger partial charge in [0.1, 0.15) is 61.0 Å². The Hall–Kier alpha value is -6.40. The Kier molecular flexibility index (Phi) is 19.8. The number of hydrogen-bond donors (Lipinski definition) is 0. The van der Waals surface area contributed by atoms with Gasteiger partial charge in [0.05, 0.1) is 52.9 Å². The van der Waals surface area contributed by atoms with Gasteiger partial charge in [-0.25, -0.2) is 4.57 Å². The molecule has 0 amide bonds. The van der Waals surface area contributed by atoms with Crippen LogP contribution in [0.4, 0.5) is 0 Å². The number of rotatable bonds is 27. The van der Waals surface area contributed by atoms with E-state index in [2.05, 4.69) is 30.8 Å². The Bertz CT molecular complexity index is 3350. The average molecular weight is 1210 g/mol. The lowest BCUT2D eigenvalue weighted by Crippen LogP contribution is -2.68. The molecule has 88 heavy (non-hydrogen) atoms. The molecule has 7 aromatic rings. The number of phosphoric ester groups is 1. The van der Waals surface area contributed by atoms with Crippen LogP contribution in [-0.2, 0) is 107 Å². The lowest BCUT2D eigenvalue weighted by Gasteiger charge is -2.50. The van der Waals surface area contributed by atoms with Gasteiger partial charge in [-0.1, -0.05) is 238 Å². The minimum Gasteiger partial charge on any atom is -0.374 e. The smallest absolute Gasteiger partial charge is 0.374 e. The highest BCUT2D eigenvalue weighted by Gasteiger charge is 2.76. The molecule has 3 saturated carbocycles. The molecule has 0 radical (unpaired) electrons. The number of phosphoric acid groups is 1. The first-order chi connectivity index (χ1) is 43.0. The second-order valence-corrected chi connectivity index (χ2v) is 26.0. The van der Waals surface area contributed by atoms with Crippen LogP contribution in [0.2, 0.25) is 0 Å². The quantitative estimate of drug-likeness (QED) is 0.0206. The monoisotopic (exact) mass is 1210 g/mol. The number of azide groups is 1. The topological polar surface area (TPSA) is 177 Å². The molecular weight excluding hydrogens is 1130 g/mol. The fourth-order valence-electron chi connectivity index (χ4n) is 13.6. The van der Waals surface area contributed by atoms with Crippen molar-refractivity contribution in [1.29, 1.82) is 0 Å². The first-order valence-corrected chi connectivity index (χ1v) is 32.1. The number of benzene rings is 7. The molecule has 2 saturated heterocycles. The summed E-state index contributed by atoms with van der Waals surface area (Å²) in [7, 11) is -4.64. The summed E-state index contributed by atoms with van der Waals surface area (Å²) in [5.74, 6) is -0.748. The summed E-state index contributed by atoms with van der Waals surface area (Å²) in [5.41, 5.74) is 16.2. The first-order valence-electron chi connectivity index (χ1n) is 30.6. The third-order valence-corrected chi connectivity index (χ3v) is 20.1. The van der Waals surface area contributed by atoms with Gasteiger partial charge >= 0.3 is 7.82 Å². The van der Waals surface area contributed by atoms with E-state index in [0.29, 0.717) is 12.3 Å². The van der Waals surface area contributed by atoms with Crippen molar-refractivity contribution >= 4 is 7.82 Å². The number of hydrogen-bond acceptors (Lipinski definition) is 14. The molecule has 2 bridgehead atoms. The molecule has 16 nitrogen and oxygen atoms in total. The number of ether oxygens (including phenoxy) is 9. The highest BCUT2D eigenvalue weighted by Crippen LogP contribution is 2.73. The average Bonchev–Trinajstić information content (AvgIpc) is 1.52. The minimum atomic E-state index is -4.64. The SMILES string of the molecule is CC1(C)[C@H]2CC[C@]1(C)[C@]1(C2)O[C@@H]2[C@H](OCc3ccccc3)[C@@H](OCc3ccccc3)[C@H](OCc3ccccc3)[C@@H](O[C@H]3O[C@H](COCc4ccccc4)[C@@H](OP(=O)(OCc4ccccc4)OCc4ccccc4)[C@H](OCc4ccccc4)[C@H]3N=[N+]=[N-])[C@@H]2O1. The van der Waals surface area contributed by atoms with E-state index in [0.717, 1.165) is 51.8 Å². The van der Waals surface area contributed by atoms with E-state index in [-0.39, 0.29) is 58.3 Å². The van der Waals surface area contributed by atoms with Crippen LogP contribution >= 0.6 is 7.82 Å². The third kappa shape index (κ3) is 13.8. The van der Waals surface area contributed by atoms with E-state index in [4.69, 9.17) is 56.2 Å². The predicted molar refractivity (Wildman–Crippen MR) is 329 cm³/mol. The fourth-order valence-corrected chi connectivity index (χ4v) is 14.9. The Morgan fingerprint density at radius 1 is 0.500 bits per heavy atom. The van der Waals surface area contributed by atoms with Gasteiger partial charge in [-0.15, -0.1) is 0 Å². The van der Waals surface area contributed by atoms with Gasteiger partial charge in [0.2, 0.25) is 0 Å². The molecule has 2 aliphatic heterocycles. The lowest BCUT2D eigenvalue weighted by atomic mass is 9.68. The van der Waals surface area contributed by atoms with E-state index in [9.17, 15) is 5.53 Å². The van der Waals surface area contributed by atoms with Crippen molar-refractivity contribution in [2.75, 3.05) is 6.61 Å². The minimum absolute atomic E-state index is 0.00888. The molecule has 17 heteroatoms. The summed E-state index contributed by atoms with van der Waals surface area (Å²) >= 11 is 0. The normalized spacial score (nSPS) is 29.6. The van der Waals surface area contributed by atoms with Crippen LogP contribution in [0, 0.1) is 16.7 Å².